The summed E-state index contributed by atoms with van der Waals surface area (Å²) in [5, 5.41) is 3.64. The molecule has 2 rings (SSSR count). The van der Waals surface area contributed by atoms with Crippen molar-refractivity contribution in [3.05, 3.63) is 0 Å². The quantitative estimate of drug-likeness (QED) is 0.825. The van der Waals surface area contributed by atoms with Gasteiger partial charge in [-0.05, 0) is 51.7 Å². The molecule has 1 N–H and O–H groups in total. The van der Waals surface area contributed by atoms with Gasteiger partial charge in [0.05, 0.1) is 0 Å². The van der Waals surface area contributed by atoms with Crippen LogP contribution in [0.25, 0.3) is 0 Å². The van der Waals surface area contributed by atoms with E-state index in [1.165, 1.54) is 45.6 Å². The Morgan fingerprint density at radius 3 is 2.50 bits per heavy atom. The molecule has 0 amide bonds. The number of piperidine rings is 1. The minimum absolute atomic E-state index is 0.659. The minimum atomic E-state index is 0.659. The second kappa shape index (κ2) is 6.36. The van der Waals surface area contributed by atoms with Crippen LogP contribution in [0.5, 0.6) is 0 Å². The highest BCUT2D eigenvalue weighted by molar-refractivity contribution is 4.87. The maximum atomic E-state index is 3.64. The van der Waals surface area contributed by atoms with Gasteiger partial charge in [-0.3, -0.25) is 4.90 Å². The first-order valence-electron chi connectivity index (χ1n) is 7.72. The van der Waals surface area contributed by atoms with Crippen molar-refractivity contribution in [2.24, 2.45) is 11.8 Å². The minimum Gasteiger partial charge on any atom is -0.311 e. The molecule has 3 heteroatoms. The zero-order chi connectivity index (χ0) is 13.1. The largest absolute Gasteiger partial charge is 0.311 e. The fraction of sp³-hybridized carbons (Fsp3) is 1.00. The second-order valence-electron chi connectivity index (χ2n) is 6.82. The molecule has 18 heavy (non-hydrogen) atoms. The fourth-order valence-electron chi connectivity index (χ4n) is 3.45. The van der Waals surface area contributed by atoms with Crippen LogP contribution in [0.15, 0.2) is 0 Å². The molecule has 0 spiro atoms. The van der Waals surface area contributed by atoms with Gasteiger partial charge in [0, 0.05) is 31.7 Å². The summed E-state index contributed by atoms with van der Waals surface area (Å²) in [6, 6.07) is 1.40. The molecule has 0 aromatic carbocycles. The fourth-order valence-corrected chi connectivity index (χ4v) is 3.45. The molecule has 2 atom stereocenters. The third-order valence-electron chi connectivity index (χ3n) is 4.75. The summed E-state index contributed by atoms with van der Waals surface area (Å²) in [6.45, 7) is 13.4. The highest BCUT2D eigenvalue weighted by Gasteiger charge is 2.30. The summed E-state index contributed by atoms with van der Waals surface area (Å²) in [7, 11) is 2.25. The molecule has 2 aliphatic rings. The molecule has 0 saturated carbocycles. The molecule has 106 valence electrons. The van der Waals surface area contributed by atoms with Gasteiger partial charge in [-0.15, -0.1) is 0 Å². The van der Waals surface area contributed by atoms with E-state index in [2.05, 4.69) is 42.9 Å². The van der Waals surface area contributed by atoms with E-state index in [1.54, 1.807) is 0 Å². The Labute approximate surface area is 113 Å². The van der Waals surface area contributed by atoms with Crippen molar-refractivity contribution in [2.45, 2.75) is 45.7 Å². The van der Waals surface area contributed by atoms with E-state index in [0.717, 1.165) is 17.9 Å². The topological polar surface area (TPSA) is 18.5 Å². The second-order valence-corrected chi connectivity index (χ2v) is 6.82. The van der Waals surface area contributed by atoms with Gasteiger partial charge >= 0.3 is 0 Å². The van der Waals surface area contributed by atoms with Crippen LogP contribution in [0.3, 0.4) is 0 Å². The average Bonchev–Trinajstić information content (AvgIpc) is 2.32. The molecule has 0 radical (unpaired) electrons. The zero-order valence-electron chi connectivity index (χ0n) is 12.7. The lowest BCUT2D eigenvalue weighted by Crippen LogP contribution is -2.58. The molecule has 2 unspecified atom stereocenters. The molecule has 2 fully saturated rings. The normalized spacial score (nSPS) is 33.2. The van der Waals surface area contributed by atoms with Crippen LogP contribution in [-0.4, -0.2) is 61.7 Å². The number of hydrogen-bond donors (Lipinski definition) is 1. The number of rotatable bonds is 3. The van der Waals surface area contributed by atoms with Crippen molar-refractivity contribution in [2.75, 3.05) is 39.8 Å². The Hall–Kier alpha value is -0.120. The highest BCUT2D eigenvalue weighted by atomic mass is 15.2. The molecule has 2 saturated heterocycles. The molecule has 0 aliphatic carbocycles. The van der Waals surface area contributed by atoms with Gasteiger partial charge in [0.25, 0.3) is 0 Å². The Morgan fingerprint density at radius 1 is 1.22 bits per heavy atom. The van der Waals surface area contributed by atoms with Crippen LogP contribution in [0.1, 0.15) is 33.6 Å². The van der Waals surface area contributed by atoms with Crippen LogP contribution in [0.4, 0.5) is 0 Å². The van der Waals surface area contributed by atoms with Crippen molar-refractivity contribution in [1.29, 1.82) is 0 Å². The van der Waals surface area contributed by atoms with Gasteiger partial charge in [0.2, 0.25) is 0 Å². The summed E-state index contributed by atoms with van der Waals surface area (Å²) in [6.07, 6.45) is 2.78. The summed E-state index contributed by atoms with van der Waals surface area (Å²) in [4.78, 5) is 5.23. The SMILES string of the molecule is CC1CN(CC2CCN(C)CC2)C(C(C)C)CN1. The first kappa shape index (κ1) is 14.3. The lowest BCUT2D eigenvalue weighted by Gasteiger charge is -2.44. The maximum absolute atomic E-state index is 3.64. The van der Waals surface area contributed by atoms with Crippen molar-refractivity contribution < 1.29 is 0 Å². The van der Waals surface area contributed by atoms with Crippen LogP contribution in [0.2, 0.25) is 0 Å². The first-order valence-corrected chi connectivity index (χ1v) is 7.72. The predicted octanol–water partition coefficient (Wildman–Crippen LogP) is 1.65. The van der Waals surface area contributed by atoms with Crippen molar-refractivity contribution >= 4 is 0 Å². The number of nitrogens with one attached hydrogen (secondary N) is 1. The molecule has 0 bridgehead atoms. The van der Waals surface area contributed by atoms with Gasteiger partial charge in [-0.25, -0.2) is 0 Å². The molecule has 2 heterocycles. The predicted molar refractivity (Wildman–Crippen MR) is 77.9 cm³/mol. The van der Waals surface area contributed by atoms with Gasteiger partial charge in [-0.1, -0.05) is 13.8 Å². The average molecular weight is 253 g/mol. The number of likely N-dealkylation sites (tertiary alicyclic amines) is 1. The van der Waals surface area contributed by atoms with Crippen molar-refractivity contribution in [3.8, 4) is 0 Å². The third kappa shape index (κ3) is 3.69. The summed E-state index contributed by atoms with van der Waals surface area (Å²) < 4.78 is 0. The van der Waals surface area contributed by atoms with Gasteiger partial charge in [0.15, 0.2) is 0 Å². The number of piperazine rings is 1. The standard InChI is InChI=1S/C15H31N3/c1-12(2)15-9-16-13(3)10-18(15)11-14-5-7-17(4)8-6-14/h12-16H,5-11H2,1-4H3. The van der Waals surface area contributed by atoms with Gasteiger partial charge in [-0.2, -0.15) is 0 Å². The Morgan fingerprint density at radius 2 is 1.89 bits per heavy atom. The molecule has 0 aromatic heterocycles. The van der Waals surface area contributed by atoms with E-state index in [1.807, 2.05) is 0 Å². The summed E-state index contributed by atoms with van der Waals surface area (Å²) in [5.74, 6) is 1.68. The lowest BCUT2D eigenvalue weighted by molar-refractivity contribution is 0.0699. The van der Waals surface area contributed by atoms with Gasteiger partial charge in [0.1, 0.15) is 0 Å². The zero-order valence-corrected chi connectivity index (χ0v) is 12.7. The smallest absolute Gasteiger partial charge is 0.0244 e. The molecule has 0 aromatic rings. The number of hydrogen-bond acceptors (Lipinski definition) is 3. The maximum Gasteiger partial charge on any atom is 0.0244 e. The third-order valence-corrected chi connectivity index (χ3v) is 4.75. The highest BCUT2D eigenvalue weighted by Crippen LogP contribution is 2.22. The molecular weight excluding hydrogens is 222 g/mol. The number of nitrogens with zero attached hydrogens (tertiary/aromatic N) is 2. The summed E-state index contributed by atoms with van der Waals surface area (Å²) in [5.41, 5.74) is 0. The molecule has 3 nitrogen and oxygen atoms in total. The van der Waals surface area contributed by atoms with Crippen LogP contribution in [0, 0.1) is 11.8 Å². The first-order chi connectivity index (χ1) is 8.56. The van der Waals surface area contributed by atoms with E-state index < -0.39 is 0 Å². The summed E-state index contributed by atoms with van der Waals surface area (Å²) >= 11 is 0. The monoisotopic (exact) mass is 253 g/mol. The van der Waals surface area contributed by atoms with E-state index in [9.17, 15) is 0 Å². The van der Waals surface area contributed by atoms with Crippen LogP contribution < -0.4 is 5.32 Å². The molecule has 2 aliphatic heterocycles. The van der Waals surface area contributed by atoms with Crippen LogP contribution in [-0.2, 0) is 0 Å². The van der Waals surface area contributed by atoms with E-state index in [0.29, 0.717) is 6.04 Å². The van der Waals surface area contributed by atoms with Crippen molar-refractivity contribution in [3.63, 3.8) is 0 Å². The Kier molecular flexibility index (Phi) is 5.05. The van der Waals surface area contributed by atoms with E-state index in [4.69, 9.17) is 0 Å². The Bertz CT molecular complexity index is 246. The van der Waals surface area contributed by atoms with E-state index >= 15 is 0 Å². The van der Waals surface area contributed by atoms with E-state index in [-0.39, 0.29) is 0 Å². The lowest BCUT2D eigenvalue weighted by atomic mass is 9.92. The van der Waals surface area contributed by atoms with Gasteiger partial charge < -0.3 is 10.2 Å². The van der Waals surface area contributed by atoms with Crippen LogP contribution >= 0.6 is 0 Å². The Balaban J connectivity index is 1.88. The molecular formula is C15H31N3. The van der Waals surface area contributed by atoms with Crippen molar-refractivity contribution in [1.82, 2.24) is 15.1 Å².